The molecule has 0 atom stereocenters. The Morgan fingerprint density at radius 1 is 0.732 bits per heavy atom. The average Bonchev–Trinajstić information content (AvgIpc) is 2.95. The maximum Gasteiger partial charge on any atom is 0.416 e. The fourth-order valence-electron chi connectivity index (χ4n) is 3.14. The molecule has 0 fully saturated rings. The van der Waals surface area contributed by atoms with Gasteiger partial charge in [0, 0.05) is 5.56 Å². The smallest absolute Gasteiger partial charge is 0.416 e. The number of carboxylic acid groups (broad SMARTS) is 1. The Kier molecular flexibility index (Phi) is 12.1. The molecule has 0 radical (unpaired) electrons. The third kappa shape index (κ3) is 11.6. The van der Waals surface area contributed by atoms with Gasteiger partial charge in [-0.1, -0.05) is 48.5 Å². The van der Waals surface area contributed by atoms with Crippen LogP contribution in [0.4, 0.5) is 26.3 Å². The summed E-state index contributed by atoms with van der Waals surface area (Å²) in [4.78, 5) is 20.4. The van der Waals surface area contributed by atoms with Gasteiger partial charge in [0.2, 0.25) is 0 Å². The van der Waals surface area contributed by atoms with Crippen molar-refractivity contribution >= 4 is 12.3 Å². The minimum absolute atomic E-state index is 0.0347. The van der Waals surface area contributed by atoms with Crippen LogP contribution in [0.15, 0.2) is 103 Å². The molecular weight excluding hydrogens is 552 g/mol. The number of para-hydroxylation sites is 1. The first-order chi connectivity index (χ1) is 19.3. The number of hydrogen-bond acceptors (Lipinski definition) is 4. The molecule has 0 bridgehead atoms. The van der Waals surface area contributed by atoms with E-state index in [9.17, 15) is 35.9 Å². The van der Waals surface area contributed by atoms with Crippen LogP contribution in [-0.4, -0.2) is 23.9 Å². The minimum Gasteiger partial charge on any atom is -0.478 e. The summed E-state index contributed by atoms with van der Waals surface area (Å²) in [7, 11) is 0. The molecule has 5 nitrogen and oxygen atoms in total. The van der Waals surface area contributed by atoms with Gasteiger partial charge in [0.05, 0.1) is 16.7 Å². The number of aromatic carboxylic acids is 1. The van der Waals surface area contributed by atoms with Crippen molar-refractivity contribution in [3.63, 3.8) is 0 Å². The summed E-state index contributed by atoms with van der Waals surface area (Å²) in [6.07, 6.45) is -8.99. The minimum atomic E-state index is -4.92. The fourth-order valence-corrected chi connectivity index (χ4v) is 3.14. The lowest BCUT2D eigenvalue weighted by molar-refractivity contribution is -0.143. The number of benzene rings is 4. The Hall–Kier alpha value is -4.64. The number of halogens is 6. The Bertz CT molecular complexity index is 1340. The molecule has 11 heteroatoms. The summed E-state index contributed by atoms with van der Waals surface area (Å²) in [5.41, 5.74) is 3.40. The lowest BCUT2D eigenvalue weighted by Gasteiger charge is -2.12. The van der Waals surface area contributed by atoms with Gasteiger partial charge < -0.3 is 15.6 Å². The number of hydrogen-bond donors (Lipinski definition) is 2. The van der Waals surface area contributed by atoms with E-state index < -0.39 is 35.0 Å². The molecule has 0 aliphatic heterocycles. The van der Waals surface area contributed by atoms with Crippen molar-refractivity contribution in [3.05, 3.63) is 131 Å². The first kappa shape index (κ1) is 32.6. The highest BCUT2D eigenvalue weighted by Gasteiger charge is 2.36. The number of ether oxygens (including phenoxy) is 1. The van der Waals surface area contributed by atoms with Crippen molar-refractivity contribution < 1.29 is 45.8 Å². The molecular formula is C30H25F6NO4. The van der Waals surface area contributed by atoms with Crippen LogP contribution in [0.2, 0.25) is 0 Å². The zero-order valence-corrected chi connectivity index (χ0v) is 21.3. The topological polar surface area (TPSA) is 89.6 Å². The molecule has 41 heavy (non-hydrogen) atoms. The Morgan fingerprint density at radius 2 is 1.20 bits per heavy atom. The van der Waals surface area contributed by atoms with Crippen molar-refractivity contribution in [1.82, 2.24) is 0 Å². The Balaban J connectivity index is 0.000000224. The second-order valence-corrected chi connectivity index (χ2v) is 8.23. The van der Waals surface area contributed by atoms with Gasteiger partial charge in [-0.15, -0.1) is 0 Å². The third-order valence-corrected chi connectivity index (χ3v) is 5.10. The SMILES string of the molecule is NCCc1ccc(Oc2ccccc2)cc1.O=C(O)c1ccccc1.O=Cc1cc(C(F)(F)F)cc(C(F)(F)F)c1. The van der Waals surface area contributed by atoms with Crippen molar-refractivity contribution in [2.45, 2.75) is 18.8 Å². The predicted octanol–water partition coefficient (Wildman–Crippen LogP) is 7.90. The molecule has 0 unspecified atom stereocenters. The fraction of sp³-hybridized carbons (Fsp3) is 0.133. The Labute approximate surface area is 231 Å². The molecule has 4 aromatic rings. The number of aldehydes is 1. The molecule has 0 amide bonds. The molecule has 0 aliphatic rings. The number of nitrogens with two attached hydrogens (primary N) is 1. The van der Waals surface area contributed by atoms with Crippen LogP contribution in [0.25, 0.3) is 0 Å². The average molecular weight is 578 g/mol. The van der Waals surface area contributed by atoms with Crippen molar-refractivity contribution in [3.8, 4) is 11.5 Å². The maximum absolute atomic E-state index is 12.2. The van der Waals surface area contributed by atoms with Crippen LogP contribution < -0.4 is 10.5 Å². The van der Waals surface area contributed by atoms with Gasteiger partial charge in [0.25, 0.3) is 0 Å². The zero-order chi connectivity index (χ0) is 30.5. The highest BCUT2D eigenvalue weighted by molar-refractivity contribution is 5.87. The highest BCUT2D eigenvalue weighted by Crippen LogP contribution is 2.36. The van der Waals surface area contributed by atoms with Gasteiger partial charge >= 0.3 is 18.3 Å². The molecule has 216 valence electrons. The van der Waals surface area contributed by atoms with Gasteiger partial charge in [-0.05, 0) is 73.1 Å². The summed E-state index contributed by atoms with van der Waals surface area (Å²) in [6.45, 7) is 0.679. The van der Waals surface area contributed by atoms with E-state index in [-0.39, 0.29) is 12.4 Å². The molecule has 0 spiro atoms. The van der Waals surface area contributed by atoms with Crippen LogP contribution in [0.1, 0.15) is 37.4 Å². The van der Waals surface area contributed by atoms with Crippen LogP contribution >= 0.6 is 0 Å². The first-order valence-electron chi connectivity index (χ1n) is 11.9. The van der Waals surface area contributed by atoms with Crippen LogP contribution in [0.5, 0.6) is 11.5 Å². The molecule has 0 heterocycles. The normalized spacial score (nSPS) is 10.8. The van der Waals surface area contributed by atoms with Crippen LogP contribution in [0.3, 0.4) is 0 Å². The molecule has 0 saturated heterocycles. The maximum atomic E-state index is 12.2. The number of alkyl halides is 6. The second kappa shape index (κ2) is 15.2. The van der Waals surface area contributed by atoms with E-state index in [4.69, 9.17) is 15.6 Å². The van der Waals surface area contributed by atoms with E-state index in [2.05, 4.69) is 0 Å². The largest absolute Gasteiger partial charge is 0.478 e. The van der Waals surface area contributed by atoms with Gasteiger partial charge in [0.1, 0.15) is 17.8 Å². The van der Waals surface area contributed by atoms with Gasteiger partial charge in [-0.2, -0.15) is 26.3 Å². The number of rotatable bonds is 6. The van der Waals surface area contributed by atoms with E-state index in [0.717, 1.165) is 17.9 Å². The van der Waals surface area contributed by atoms with Crippen LogP contribution in [0, 0.1) is 0 Å². The number of carboxylic acids is 1. The summed E-state index contributed by atoms with van der Waals surface area (Å²) in [5, 5.41) is 8.38. The van der Waals surface area contributed by atoms with E-state index >= 15 is 0 Å². The second-order valence-electron chi connectivity index (χ2n) is 8.23. The molecule has 0 saturated carbocycles. The summed E-state index contributed by atoms with van der Waals surface area (Å²) in [6, 6.07) is 26.8. The quantitative estimate of drug-likeness (QED) is 0.180. The number of carbonyl (C=O) groups is 2. The molecule has 4 rings (SSSR count). The molecule has 4 aromatic carbocycles. The lowest BCUT2D eigenvalue weighted by Crippen LogP contribution is -2.11. The van der Waals surface area contributed by atoms with E-state index in [1.54, 1.807) is 30.3 Å². The Morgan fingerprint density at radius 3 is 1.59 bits per heavy atom. The third-order valence-electron chi connectivity index (χ3n) is 5.10. The van der Waals surface area contributed by atoms with E-state index in [1.165, 1.54) is 5.56 Å². The standard InChI is InChI=1S/C14H15NO.C9H4F6O.C7H6O2/c15-11-10-12-6-8-14(9-7-12)16-13-4-2-1-3-5-13;10-8(11,12)6-1-5(4-16)2-7(3-6)9(13,14)15;8-7(9)6-4-2-1-3-5-6/h1-9H,10-11,15H2;1-4H;1-5H,(H,8,9). The van der Waals surface area contributed by atoms with E-state index in [0.29, 0.717) is 24.2 Å². The van der Waals surface area contributed by atoms with Gasteiger partial charge in [-0.3, -0.25) is 4.79 Å². The van der Waals surface area contributed by atoms with Crippen LogP contribution in [-0.2, 0) is 18.8 Å². The number of carbonyl (C=O) groups excluding carboxylic acids is 1. The first-order valence-corrected chi connectivity index (χ1v) is 11.9. The molecule has 0 aromatic heterocycles. The predicted molar refractivity (Wildman–Crippen MR) is 141 cm³/mol. The van der Waals surface area contributed by atoms with E-state index in [1.807, 2.05) is 54.6 Å². The molecule has 0 aliphatic carbocycles. The van der Waals surface area contributed by atoms with Crippen molar-refractivity contribution in [1.29, 1.82) is 0 Å². The summed E-state index contributed by atoms with van der Waals surface area (Å²) in [5.74, 6) is 0.830. The van der Waals surface area contributed by atoms with Gasteiger partial charge in [-0.25, -0.2) is 4.79 Å². The zero-order valence-electron chi connectivity index (χ0n) is 21.3. The monoisotopic (exact) mass is 577 g/mol. The highest BCUT2D eigenvalue weighted by atomic mass is 19.4. The summed E-state index contributed by atoms with van der Waals surface area (Å²) >= 11 is 0. The van der Waals surface area contributed by atoms with Gasteiger partial charge in [0.15, 0.2) is 0 Å². The molecule has 3 N–H and O–H groups in total. The lowest BCUT2D eigenvalue weighted by atomic mass is 10.1. The van der Waals surface area contributed by atoms with Crippen molar-refractivity contribution in [2.75, 3.05) is 6.54 Å². The summed E-state index contributed by atoms with van der Waals surface area (Å²) < 4.78 is 78.8. The van der Waals surface area contributed by atoms with Crippen molar-refractivity contribution in [2.24, 2.45) is 5.73 Å².